The van der Waals surface area contributed by atoms with Crippen molar-refractivity contribution in [3.63, 3.8) is 0 Å². The van der Waals surface area contributed by atoms with E-state index in [2.05, 4.69) is 6.58 Å². The average Bonchev–Trinajstić information content (AvgIpc) is 2.45. The van der Waals surface area contributed by atoms with Gasteiger partial charge in [0, 0.05) is 18.7 Å². The fourth-order valence-corrected chi connectivity index (χ4v) is 1.69. The van der Waals surface area contributed by atoms with Crippen LogP contribution in [0.2, 0.25) is 0 Å². The van der Waals surface area contributed by atoms with Crippen molar-refractivity contribution < 1.29 is 14.3 Å². The third kappa shape index (κ3) is 6.39. The summed E-state index contributed by atoms with van der Waals surface area (Å²) in [4.78, 5) is 25.5. The van der Waals surface area contributed by atoms with Crippen LogP contribution in [0.15, 0.2) is 55.1 Å². The summed E-state index contributed by atoms with van der Waals surface area (Å²) < 4.78 is 5.31. The average molecular weight is 301 g/mol. The van der Waals surface area contributed by atoms with Crippen LogP contribution in [0.3, 0.4) is 0 Å². The highest BCUT2D eigenvalue weighted by molar-refractivity contribution is 6.04. The largest absolute Gasteiger partial charge is 0.444 e. The second-order valence-corrected chi connectivity index (χ2v) is 5.81. The lowest BCUT2D eigenvalue weighted by Gasteiger charge is -2.25. The summed E-state index contributed by atoms with van der Waals surface area (Å²) in [7, 11) is 0. The first kappa shape index (κ1) is 17.7. The fourth-order valence-electron chi connectivity index (χ4n) is 1.69. The highest BCUT2D eigenvalue weighted by atomic mass is 16.6. The summed E-state index contributed by atoms with van der Waals surface area (Å²) in [6.45, 7) is 9.71. The Balaban J connectivity index is 2.64. The van der Waals surface area contributed by atoms with Crippen molar-refractivity contribution in [2.75, 3.05) is 13.1 Å². The molecule has 0 aliphatic rings. The Morgan fingerprint density at radius 2 is 1.82 bits per heavy atom. The smallest absolute Gasteiger partial charge is 0.410 e. The van der Waals surface area contributed by atoms with Gasteiger partial charge in [-0.1, -0.05) is 42.5 Å². The summed E-state index contributed by atoms with van der Waals surface area (Å²) in [6, 6.07) is 8.98. The van der Waals surface area contributed by atoms with Gasteiger partial charge >= 0.3 is 6.09 Å². The molecule has 0 heterocycles. The van der Waals surface area contributed by atoms with Gasteiger partial charge in [-0.2, -0.15) is 0 Å². The maximum absolute atomic E-state index is 12.0. The molecule has 4 heteroatoms. The second-order valence-electron chi connectivity index (χ2n) is 5.81. The molecule has 0 fully saturated rings. The van der Waals surface area contributed by atoms with Gasteiger partial charge in [-0.3, -0.25) is 4.79 Å². The van der Waals surface area contributed by atoms with E-state index in [9.17, 15) is 9.59 Å². The lowest BCUT2D eigenvalue weighted by molar-refractivity contribution is 0.0292. The third-order valence-corrected chi connectivity index (χ3v) is 2.65. The number of hydrogen-bond acceptors (Lipinski definition) is 3. The molecule has 1 amide bonds. The maximum Gasteiger partial charge on any atom is 0.410 e. The molecule has 0 unspecified atom stereocenters. The monoisotopic (exact) mass is 301 g/mol. The minimum absolute atomic E-state index is 0.0941. The number of rotatable bonds is 6. The van der Waals surface area contributed by atoms with Gasteiger partial charge in [-0.25, -0.2) is 4.79 Å². The number of hydrogen-bond donors (Lipinski definition) is 0. The maximum atomic E-state index is 12.0. The second kappa shape index (κ2) is 8.17. The number of amides is 1. The van der Waals surface area contributed by atoms with Crippen molar-refractivity contribution in [3.8, 4) is 0 Å². The first-order valence-corrected chi connectivity index (χ1v) is 7.18. The Hall–Kier alpha value is -2.36. The highest BCUT2D eigenvalue weighted by Crippen LogP contribution is 2.10. The minimum Gasteiger partial charge on any atom is -0.444 e. The third-order valence-electron chi connectivity index (χ3n) is 2.65. The van der Waals surface area contributed by atoms with Crippen molar-refractivity contribution in [3.05, 3.63) is 60.7 Å². The molecule has 0 aliphatic heterocycles. The zero-order chi connectivity index (χ0) is 16.6. The number of nitrogens with zero attached hydrogens (tertiary/aromatic N) is 1. The fraction of sp³-hybridized carbons (Fsp3) is 0.333. The van der Waals surface area contributed by atoms with Gasteiger partial charge in [-0.05, 0) is 26.8 Å². The van der Waals surface area contributed by atoms with Gasteiger partial charge in [0.05, 0.1) is 0 Å². The molecule has 0 atom stereocenters. The standard InChI is InChI=1S/C18H23NO3/c1-5-13-19(17(21)22-18(2,3)4)14-9-12-16(20)15-10-7-6-8-11-15/h5-12H,1,13-14H2,2-4H3/b12-9+. The van der Waals surface area contributed by atoms with E-state index in [0.717, 1.165) is 0 Å². The van der Waals surface area contributed by atoms with E-state index in [1.807, 2.05) is 39.0 Å². The van der Waals surface area contributed by atoms with Crippen LogP contribution in [0.1, 0.15) is 31.1 Å². The van der Waals surface area contributed by atoms with Crippen LogP contribution in [-0.4, -0.2) is 35.5 Å². The van der Waals surface area contributed by atoms with E-state index in [-0.39, 0.29) is 5.78 Å². The molecule has 0 spiro atoms. The number of benzene rings is 1. The van der Waals surface area contributed by atoms with Gasteiger partial charge in [-0.15, -0.1) is 6.58 Å². The van der Waals surface area contributed by atoms with Crippen molar-refractivity contribution in [1.29, 1.82) is 0 Å². The van der Waals surface area contributed by atoms with E-state index >= 15 is 0 Å². The van der Waals surface area contributed by atoms with Crippen molar-refractivity contribution >= 4 is 11.9 Å². The van der Waals surface area contributed by atoms with Crippen molar-refractivity contribution in [2.45, 2.75) is 26.4 Å². The van der Waals surface area contributed by atoms with Crippen LogP contribution in [0, 0.1) is 0 Å². The van der Waals surface area contributed by atoms with E-state index in [1.165, 1.54) is 11.0 Å². The van der Waals surface area contributed by atoms with Gasteiger partial charge in [0.25, 0.3) is 0 Å². The van der Waals surface area contributed by atoms with Crippen LogP contribution in [0.4, 0.5) is 4.79 Å². The van der Waals surface area contributed by atoms with E-state index in [4.69, 9.17) is 4.74 Å². The Kier molecular flexibility index (Phi) is 6.57. The SMILES string of the molecule is C=CCN(C/C=C/C(=O)c1ccccc1)C(=O)OC(C)(C)C. The van der Waals surface area contributed by atoms with Crippen LogP contribution in [-0.2, 0) is 4.74 Å². The number of carbonyl (C=O) groups is 2. The van der Waals surface area contributed by atoms with Crippen molar-refractivity contribution in [1.82, 2.24) is 4.90 Å². The molecule has 0 radical (unpaired) electrons. The van der Waals surface area contributed by atoms with E-state index < -0.39 is 11.7 Å². The molecule has 0 saturated heterocycles. The lowest BCUT2D eigenvalue weighted by Crippen LogP contribution is -2.37. The molecular weight excluding hydrogens is 278 g/mol. The number of ether oxygens (including phenoxy) is 1. The minimum atomic E-state index is -0.555. The van der Waals surface area contributed by atoms with E-state index in [0.29, 0.717) is 18.7 Å². The zero-order valence-corrected chi connectivity index (χ0v) is 13.4. The van der Waals surface area contributed by atoms with E-state index in [1.54, 1.807) is 24.3 Å². The molecule has 1 aromatic rings. The van der Waals surface area contributed by atoms with Crippen molar-refractivity contribution in [2.24, 2.45) is 0 Å². The topological polar surface area (TPSA) is 46.6 Å². The Bertz CT molecular complexity index is 541. The van der Waals surface area contributed by atoms with Gasteiger partial charge < -0.3 is 9.64 Å². The molecule has 0 aliphatic carbocycles. The summed E-state index contributed by atoms with van der Waals surface area (Å²) in [5.41, 5.74) is 0.0615. The Morgan fingerprint density at radius 3 is 2.36 bits per heavy atom. The first-order chi connectivity index (χ1) is 10.3. The quantitative estimate of drug-likeness (QED) is 0.455. The number of ketones is 1. The lowest BCUT2D eigenvalue weighted by atomic mass is 10.1. The van der Waals surface area contributed by atoms with Crippen LogP contribution >= 0.6 is 0 Å². The Morgan fingerprint density at radius 1 is 1.18 bits per heavy atom. The first-order valence-electron chi connectivity index (χ1n) is 7.18. The molecule has 0 saturated carbocycles. The van der Waals surface area contributed by atoms with Gasteiger partial charge in [0.15, 0.2) is 5.78 Å². The van der Waals surface area contributed by atoms with Crippen LogP contribution in [0.5, 0.6) is 0 Å². The van der Waals surface area contributed by atoms with Crippen LogP contribution < -0.4 is 0 Å². The number of carbonyl (C=O) groups excluding carboxylic acids is 2. The Labute approximate surface area is 132 Å². The molecule has 0 bridgehead atoms. The molecule has 118 valence electrons. The predicted octanol–water partition coefficient (Wildman–Crippen LogP) is 3.85. The number of allylic oxidation sites excluding steroid dienone is 1. The molecular formula is C18H23NO3. The molecule has 0 N–H and O–H groups in total. The zero-order valence-electron chi connectivity index (χ0n) is 13.4. The molecule has 4 nitrogen and oxygen atoms in total. The molecule has 0 aromatic heterocycles. The predicted molar refractivity (Wildman–Crippen MR) is 87.9 cm³/mol. The molecule has 1 aromatic carbocycles. The van der Waals surface area contributed by atoms with Gasteiger partial charge in [0.1, 0.15) is 5.60 Å². The molecule has 22 heavy (non-hydrogen) atoms. The summed E-state index contributed by atoms with van der Waals surface area (Å²) >= 11 is 0. The summed E-state index contributed by atoms with van der Waals surface area (Å²) in [6.07, 6.45) is 4.32. The molecule has 1 rings (SSSR count). The highest BCUT2D eigenvalue weighted by Gasteiger charge is 2.20. The normalized spacial score (nSPS) is 11.2. The summed E-state index contributed by atoms with van der Waals surface area (Å²) in [5, 5.41) is 0. The van der Waals surface area contributed by atoms with Gasteiger partial charge in [0.2, 0.25) is 0 Å². The summed E-state index contributed by atoms with van der Waals surface area (Å²) in [5.74, 6) is -0.0941. The van der Waals surface area contributed by atoms with Crippen LogP contribution in [0.25, 0.3) is 0 Å².